The molecule has 3 N–H and O–H groups in total. The number of hydrogen-bond acceptors (Lipinski definition) is 3. The van der Waals surface area contributed by atoms with Crippen LogP contribution in [0, 0.1) is 5.41 Å². The Hall–Kier alpha value is -1.42. The molecule has 0 spiro atoms. The molecule has 1 heterocycles. The van der Waals surface area contributed by atoms with Crippen molar-refractivity contribution < 1.29 is 4.79 Å². The summed E-state index contributed by atoms with van der Waals surface area (Å²) in [4.78, 5) is 16.0. The first-order chi connectivity index (χ1) is 7.25. The van der Waals surface area contributed by atoms with Crippen LogP contribution < -0.4 is 11.1 Å². The van der Waals surface area contributed by atoms with E-state index in [4.69, 9.17) is 5.73 Å². The minimum Gasteiger partial charge on any atom is -0.325 e. The fraction of sp³-hybridized carbons (Fsp3) is 0.500. The van der Waals surface area contributed by atoms with Gasteiger partial charge in [0.1, 0.15) is 0 Å². The third-order valence-electron chi connectivity index (χ3n) is 3.12. The molecule has 0 saturated heterocycles. The Morgan fingerprint density at radius 2 is 1.75 bits per heavy atom. The first kappa shape index (κ1) is 12.6. The van der Waals surface area contributed by atoms with Crippen molar-refractivity contribution in [1.82, 2.24) is 4.98 Å². The van der Waals surface area contributed by atoms with E-state index >= 15 is 0 Å². The topological polar surface area (TPSA) is 68.0 Å². The van der Waals surface area contributed by atoms with Crippen LogP contribution >= 0.6 is 0 Å². The SMILES string of the molecule is CC(C)(N)C(C)(C)C(=O)Nc1ccncc1. The Bertz CT molecular complexity index is 366. The van der Waals surface area contributed by atoms with Crippen LogP contribution in [0.1, 0.15) is 27.7 Å². The zero-order valence-corrected chi connectivity index (χ0v) is 10.2. The third-order valence-corrected chi connectivity index (χ3v) is 3.12. The largest absolute Gasteiger partial charge is 0.325 e. The number of rotatable bonds is 3. The molecule has 1 aromatic rings. The van der Waals surface area contributed by atoms with Crippen LogP contribution in [-0.2, 0) is 4.79 Å². The van der Waals surface area contributed by atoms with Crippen LogP contribution in [0.25, 0.3) is 0 Å². The molecular formula is C12H19N3O. The van der Waals surface area contributed by atoms with E-state index in [1.807, 2.05) is 27.7 Å². The highest BCUT2D eigenvalue weighted by molar-refractivity contribution is 5.95. The number of carbonyl (C=O) groups excluding carboxylic acids is 1. The summed E-state index contributed by atoms with van der Waals surface area (Å²) in [6.07, 6.45) is 3.27. The van der Waals surface area contributed by atoms with Gasteiger partial charge in [0.05, 0.1) is 5.41 Å². The number of anilines is 1. The summed E-state index contributed by atoms with van der Waals surface area (Å²) in [5.41, 5.74) is 5.51. The highest BCUT2D eigenvalue weighted by atomic mass is 16.2. The standard InChI is InChI=1S/C12H19N3O/c1-11(2,12(3,4)13)10(16)15-9-5-7-14-8-6-9/h5-8H,13H2,1-4H3,(H,14,15,16). The van der Waals surface area contributed by atoms with E-state index in [1.54, 1.807) is 24.5 Å². The summed E-state index contributed by atoms with van der Waals surface area (Å²) in [5, 5.41) is 2.83. The lowest BCUT2D eigenvalue weighted by atomic mass is 9.74. The van der Waals surface area contributed by atoms with Gasteiger partial charge in [0.25, 0.3) is 0 Å². The van der Waals surface area contributed by atoms with Crippen LogP contribution in [0.4, 0.5) is 5.69 Å². The lowest BCUT2D eigenvalue weighted by Gasteiger charge is -2.36. The Balaban J connectivity index is 2.81. The number of amides is 1. The maximum absolute atomic E-state index is 12.1. The van der Waals surface area contributed by atoms with E-state index in [2.05, 4.69) is 10.3 Å². The number of carbonyl (C=O) groups is 1. The normalized spacial score (nSPS) is 12.3. The highest BCUT2D eigenvalue weighted by Gasteiger charge is 2.40. The van der Waals surface area contributed by atoms with Crippen molar-refractivity contribution in [3.05, 3.63) is 24.5 Å². The lowest BCUT2D eigenvalue weighted by Crippen LogP contribution is -2.53. The van der Waals surface area contributed by atoms with Crippen molar-refractivity contribution in [1.29, 1.82) is 0 Å². The van der Waals surface area contributed by atoms with Gasteiger partial charge in [0.15, 0.2) is 0 Å². The molecule has 0 aliphatic rings. The average molecular weight is 221 g/mol. The monoisotopic (exact) mass is 221 g/mol. The quantitative estimate of drug-likeness (QED) is 0.817. The zero-order chi connectivity index (χ0) is 12.4. The molecule has 1 amide bonds. The smallest absolute Gasteiger partial charge is 0.231 e. The Morgan fingerprint density at radius 3 is 2.19 bits per heavy atom. The molecule has 0 aliphatic heterocycles. The zero-order valence-electron chi connectivity index (χ0n) is 10.2. The fourth-order valence-corrected chi connectivity index (χ4v) is 1.02. The van der Waals surface area contributed by atoms with E-state index in [9.17, 15) is 4.79 Å². The van der Waals surface area contributed by atoms with Gasteiger partial charge in [0.2, 0.25) is 5.91 Å². The molecule has 0 radical (unpaired) electrons. The van der Waals surface area contributed by atoms with Gasteiger partial charge < -0.3 is 11.1 Å². The minimum atomic E-state index is -0.643. The first-order valence-corrected chi connectivity index (χ1v) is 5.25. The Labute approximate surface area is 96.3 Å². The molecule has 0 aliphatic carbocycles. The predicted molar refractivity (Wildman–Crippen MR) is 64.9 cm³/mol. The van der Waals surface area contributed by atoms with Gasteiger partial charge in [-0.25, -0.2) is 0 Å². The van der Waals surface area contributed by atoms with E-state index in [1.165, 1.54) is 0 Å². The summed E-state index contributed by atoms with van der Waals surface area (Å²) in [5.74, 6) is -0.0915. The van der Waals surface area contributed by atoms with Crippen molar-refractivity contribution >= 4 is 11.6 Å². The van der Waals surface area contributed by atoms with Gasteiger partial charge in [-0.05, 0) is 39.8 Å². The summed E-state index contributed by atoms with van der Waals surface area (Å²) in [7, 11) is 0. The maximum atomic E-state index is 12.1. The first-order valence-electron chi connectivity index (χ1n) is 5.25. The second-order valence-corrected chi connectivity index (χ2v) is 5.04. The lowest BCUT2D eigenvalue weighted by molar-refractivity contribution is -0.126. The second kappa shape index (κ2) is 4.22. The number of pyridine rings is 1. The van der Waals surface area contributed by atoms with E-state index in [0.717, 1.165) is 5.69 Å². The Morgan fingerprint density at radius 1 is 1.25 bits per heavy atom. The number of nitrogens with zero attached hydrogens (tertiary/aromatic N) is 1. The molecule has 4 nitrogen and oxygen atoms in total. The number of aromatic nitrogens is 1. The van der Waals surface area contributed by atoms with Crippen molar-refractivity contribution in [3.8, 4) is 0 Å². The van der Waals surface area contributed by atoms with Crippen molar-refractivity contribution in [2.45, 2.75) is 33.2 Å². The van der Waals surface area contributed by atoms with Crippen LogP contribution in [0.2, 0.25) is 0 Å². The van der Waals surface area contributed by atoms with E-state index in [-0.39, 0.29) is 5.91 Å². The molecule has 1 rings (SSSR count). The Kier molecular flexibility index (Phi) is 3.33. The molecule has 0 unspecified atom stereocenters. The fourth-order valence-electron chi connectivity index (χ4n) is 1.02. The van der Waals surface area contributed by atoms with Gasteiger partial charge in [-0.3, -0.25) is 9.78 Å². The van der Waals surface area contributed by atoms with Gasteiger partial charge >= 0.3 is 0 Å². The molecule has 16 heavy (non-hydrogen) atoms. The van der Waals surface area contributed by atoms with Crippen LogP contribution in [0.3, 0.4) is 0 Å². The molecule has 0 atom stereocenters. The third kappa shape index (κ3) is 2.58. The maximum Gasteiger partial charge on any atom is 0.231 e. The van der Waals surface area contributed by atoms with E-state index in [0.29, 0.717) is 0 Å². The molecule has 0 fully saturated rings. The van der Waals surface area contributed by atoms with Gasteiger partial charge in [-0.2, -0.15) is 0 Å². The molecular weight excluding hydrogens is 202 g/mol. The summed E-state index contributed by atoms with van der Waals surface area (Å²) >= 11 is 0. The van der Waals surface area contributed by atoms with Gasteiger partial charge in [-0.15, -0.1) is 0 Å². The molecule has 0 saturated carbocycles. The van der Waals surface area contributed by atoms with Crippen molar-refractivity contribution in [2.24, 2.45) is 11.1 Å². The van der Waals surface area contributed by atoms with Crippen LogP contribution in [0.5, 0.6) is 0 Å². The van der Waals surface area contributed by atoms with Gasteiger partial charge in [-0.1, -0.05) is 0 Å². The van der Waals surface area contributed by atoms with Crippen LogP contribution in [-0.4, -0.2) is 16.4 Å². The molecule has 0 aromatic carbocycles. The number of hydrogen-bond donors (Lipinski definition) is 2. The molecule has 0 bridgehead atoms. The van der Waals surface area contributed by atoms with Crippen molar-refractivity contribution in [2.75, 3.05) is 5.32 Å². The molecule has 88 valence electrons. The predicted octanol–water partition coefficient (Wildman–Crippen LogP) is 1.78. The van der Waals surface area contributed by atoms with E-state index < -0.39 is 11.0 Å². The molecule has 1 aromatic heterocycles. The highest BCUT2D eigenvalue weighted by Crippen LogP contribution is 2.29. The average Bonchev–Trinajstić information content (AvgIpc) is 2.17. The summed E-state index contributed by atoms with van der Waals surface area (Å²) in [6.45, 7) is 7.37. The molecule has 4 heteroatoms. The number of nitrogens with two attached hydrogens (primary N) is 1. The summed E-state index contributed by atoms with van der Waals surface area (Å²) in [6, 6.07) is 3.50. The summed E-state index contributed by atoms with van der Waals surface area (Å²) < 4.78 is 0. The van der Waals surface area contributed by atoms with Crippen molar-refractivity contribution in [3.63, 3.8) is 0 Å². The minimum absolute atomic E-state index is 0.0915. The van der Waals surface area contributed by atoms with Crippen LogP contribution in [0.15, 0.2) is 24.5 Å². The second-order valence-electron chi connectivity index (χ2n) is 5.04. The number of nitrogens with one attached hydrogen (secondary N) is 1. The van der Waals surface area contributed by atoms with Gasteiger partial charge in [0, 0.05) is 23.6 Å².